The number of hydrogen-bond donors (Lipinski definition) is 1. The molecule has 1 N–H and O–H groups in total. The zero-order valence-corrected chi connectivity index (χ0v) is 9.30. The summed E-state index contributed by atoms with van der Waals surface area (Å²) in [7, 11) is 1.58. The molecule has 0 saturated heterocycles. The minimum atomic E-state index is 0.430. The van der Waals surface area contributed by atoms with E-state index in [9.17, 15) is 0 Å². The van der Waals surface area contributed by atoms with Gasteiger partial charge in [-0.15, -0.1) is 0 Å². The van der Waals surface area contributed by atoms with Crippen LogP contribution < -0.4 is 4.74 Å². The van der Waals surface area contributed by atoms with Crippen LogP contribution in [-0.2, 0) is 0 Å². The number of halogens is 1. The Bertz CT molecular complexity index is 479. The van der Waals surface area contributed by atoms with E-state index in [0.717, 1.165) is 17.0 Å². The highest BCUT2D eigenvalue weighted by molar-refractivity contribution is 6.29. The number of aromatic amines is 1. The van der Waals surface area contributed by atoms with Crippen LogP contribution in [0.5, 0.6) is 5.88 Å². The van der Waals surface area contributed by atoms with Crippen molar-refractivity contribution in [3.8, 4) is 17.1 Å². The fourth-order valence-electron chi connectivity index (χ4n) is 1.44. The van der Waals surface area contributed by atoms with Crippen molar-refractivity contribution in [2.45, 2.75) is 6.92 Å². The van der Waals surface area contributed by atoms with E-state index in [1.807, 2.05) is 25.1 Å². The number of nitrogens with zero attached hydrogens (tertiary/aromatic N) is 1. The molecule has 0 aliphatic heterocycles. The SMILES string of the molecule is COc1nc(Cl)ccc1-c1ccc(C)[nH]1. The molecule has 0 aliphatic rings. The molecule has 0 spiro atoms. The molecule has 0 atom stereocenters. The summed E-state index contributed by atoms with van der Waals surface area (Å²) < 4.78 is 5.17. The molecule has 0 aliphatic carbocycles. The lowest BCUT2D eigenvalue weighted by Gasteiger charge is -2.05. The van der Waals surface area contributed by atoms with Crippen LogP contribution in [0.4, 0.5) is 0 Å². The number of ether oxygens (including phenoxy) is 1. The molecule has 78 valence electrons. The lowest BCUT2D eigenvalue weighted by molar-refractivity contribution is 0.399. The molecular weight excluding hydrogens is 212 g/mol. The summed E-state index contributed by atoms with van der Waals surface area (Å²) in [6.45, 7) is 2.00. The van der Waals surface area contributed by atoms with E-state index in [-0.39, 0.29) is 0 Å². The van der Waals surface area contributed by atoms with Crippen LogP contribution in [0.3, 0.4) is 0 Å². The fourth-order valence-corrected chi connectivity index (χ4v) is 1.58. The van der Waals surface area contributed by atoms with Crippen LogP contribution in [0.1, 0.15) is 5.69 Å². The maximum atomic E-state index is 5.79. The molecule has 2 rings (SSSR count). The van der Waals surface area contributed by atoms with Crippen LogP contribution in [0.15, 0.2) is 24.3 Å². The maximum absolute atomic E-state index is 5.79. The summed E-state index contributed by atoms with van der Waals surface area (Å²) in [6.07, 6.45) is 0. The van der Waals surface area contributed by atoms with Gasteiger partial charge in [-0.1, -0.05) is 11.6 Å². The van der Waals surface area contributed by atoms with Gasteiger partial charge in [-0.3, -0.25) is 0 Å². The quantitative estimate of drug-likeness (QED) is 0.794. The van der Waals surface area contributed by atoms with Crippen LogP contribution >= 0.6 is 11.6 Å². The Hall–Kier alpha value is -1.48. The topological polar surface area (TPSA) is 37.9 Å². The summed E-state index contributed by atoms with van der Waals surface area (Å²) in [5, 5.41) is 0.430. The van der Waals surface area contributed by atoms with Crippen molar-refractivity contribution in [2.24, 2.45) is 0 Å². The molecule has 0 amide bonds. The first-order valence-corrected chi connectivity index (χ1v) is 4.95. The molecule has 2 heterocycles. The smallest absolute Gasteiger partial charge is 0.224 e. The van der Waals surface area contributed by atoms with E-state index in [1.165, 1.54) is 0 Å². The van der Waals surface area contributed by atoms with Gasteiger partial charge in [0.15, 0.2) is 0 Å². The molecule has 2 aromatic heterocycles. The Morgan fingerprint density at radius 3 is 2.67 bits per heavy atom. The number of methoxy groups -OCH3 is 1. The summed E-state index contributed by atoms with van der Waals surface area (Å²) >= 11 is 5.79. The van der Waals surface area contributed by atoms with Gasteiger partial charge in [0.05, 0.1) is 18.4 Å². The molecular formula is C11H11ClN2O. The van der Waals surface area contributed by atoms with Crippen molar-refractivity contribution in [3.05, 3.63) is 35.1 Å². The van der Waals surface area contributed by atoms with Gasteiger partial charge >= 0.3 is 0 Å². The second kappa shape index (κ2) is 3.95. The van der Waals surface area contributed by atoms with Gasteiger partial charge < -0.3 is 9.72 Å². The zero-order chi connectivity index (χ0) is 10.8. The minimum absolute atomic E-state index is 0.430. The van der Waals surface area contributed by atoms with E-state index < -0.39 is 0 Å². The molecule has 0 fully saturated rings. The largest absolute Gasteiger partial charge is 0.480 e. The summed E-state index contributed by atoms with van der Waals surface area (Å²) in [6, 6.07) is 7.63. The number of aromatic nitrogens is 2. The van der Waals surface area contributed by atoms with Gasteiger partial charge in [0.2, 0.25) is 5.88 Å². The van der Waals surface area contributed by atoms with Gasteiger partial charge in [-0.25, -0.2) is 4.98 Å². The number of hydrogen-bond acceptors (Lipinski definition) is 2. The first-order valence-electron chi connectivity index (χ1n) is 4.57. The van der Waals surface area contributed by atoms with Crippen molar-refractivity contribution in [1.82, 2.24) is 9.97 Å². The zero-order valence-electron chi connectivity index (χ0n) is 8.54. The second-order valence-corrected chi connectivity index (χ2v) is 3.63. The van der Waals surface area contributed by atoms with E-state index in [0.29, 0.717) is 11.0 Å². The van der Waals surface area contributed by atoms with Gasteiger partial charge in [0, 0.05) is 5.69 Å². The highest BCUT2D eigenvalue weighted by Crippen LogP contribution is 2.28. The average Bonchev–Trinajstić information content (AvgIpc) is 2.64. The molecule has 3 nitrogen and oxygen atoms in total. The van der Waals surface area contributed by atoms with Gasteiger partial charge in [0.25, 0.3) is 0 Å². The molecule has 0 radical (unpaired) electrons. The van der Waals surface area contributed by atoms with Crippen molar-refractivity contribution in [1.29, 1.82) is 0 Å². The third-order valence-electron chi connectivity index (χ3n) is 2.14. The minimum Gasteiger partial charge on any atom is -0.480 e. The van der Waals surface area contributed by atoms with Crippen molar-refractivity contribution in [3.63, 3.8) is 0 Å². The first-order chi connectivity index (χ1) is 7.20. The molecule has 0 saturated carbocycles. The Kier molecular flexibility index (Phi) is 2.64. The normalized spacial score (nSPS) is 10.3. The Balaban J connectivity index is 2.52. The second-order valence-electron chi connectivity index (χ2n) is 3.25. The van der Waals surface area contributed by atoms with Crippen molar-refractivity contribution >= 4 is 11.6 Å². The average molecular weight is 223 g/mol. The molecule has 0 bridgehead atoms. The summed E-state index contributed by atoms with van der Waals surface area (Å²) in [5.41, 5.74) is 2.99. The van der Waals surface area contributed by atoms with Crippen LogP contribution in [0.25, 0.3) is 11.3 Å². The number of aryl methyl sites for hydroxylation is 1. The van der Waals surface area contributed by atoms with Crippen molar-refractivity contribution in [2.75, 3.05) is 7.11 Å². The highest BCUT2D eigenvalue weighted by Gasteiger charge is 2.08. The van der Waals surface area contributed by atoms with Crippen LogP contribution in [0, 0.1) is 6.92 Å². The number of rotatable bonds is 2. The third-order valence-corrected chi connectivity index (χ3v) is 2.35. The lowest BCUT2D eigenvalue weighted by atomic mass is 10.2. The van der Waals surface area contributed by atoms with E-state index in [4.69, 9.17) is 16.3 Å². The number of pyridine rings is 1. The fraction of sp³-hybridized carbons (Fsp3) is 0.182. The molecule has 4 heteroatoms. The van der Waals surface area contributed by atoms with E-state index >= 15 is 0 Å². The molecule has 0 aromatic carbocycles. The van der Waals surface area contributed by atoms with Gasteiger partial charge in [-0.2, -0.15) is 0 Å². The maximum Gasteiger partial charge on any atom is 0.224 e. The van der Waals surface area contributed by atoms with E-state index in [2.05, 4.69) is 9.97 Å². The Morgan fingerprint density at radius 1 is 1.27 bits per heavy atom. The number of H-pyrrole nitrogens is 1. The monoisotopic (exact) mass is 222 g/mol. The number of nitrogens with one attached hydrogen (secondary N) is 1. The van der Waals surface area contributed by atoms with Crippen molar-refractivity contribution < 1.29 is 4.74 Å². The van der Waals surface area contributed by atoms with Gasteiger partial charge in [0.1, 0.15) is 5.15 Å². The molecule has 2 aromatic rings. The highest BCUT2D eigenvalue weighted by atomic mass is 35.5. The van der Waals surface area contributed by atoms with Crippen LogP contribution in [-0.4, -0.2) is 17.1 Å². The first kappa shape index (κ1) is 10.1. The van der Waals surface area contributed by atoms with E-state index in [1.54, 1.807) is 13.2 Å². The molecule has 15 heavy (non-hydrogen) atoms. The Morgan fingerprint density at radius 2 is 2.07 bits per heavy atom. The molecule has 0 unspecified atom stereocenters. The predicted molar refractivity (Wildman–Crippen MR) is 60.3 cm³/mol. The van der Waals surface area contributed by atoms with Gasteiger partial charge in [-0.05, 0) is 31.2 Å². The third kappa shape index (κ3) is 1.97. The Labute approximate surface area is 93.1 Å². The predicted octanol–water partition coefficient (Wildman–Crippen LogP) is 3.05. The standard InChI is InChI=1S/C11H11ClN2O/c1-7-3-5-9(13-7)8-4-6-10(12)14-11(8)15-2/h3-6,13H,1-2H3. The van der Waals surface area contributed by atoms with Crippen LogP contribution in [0.2, 0.25) is 5.15 Å². The lowest BCUT2D eigenvalue weighted by Crippen LogP contribution is -1.92. The summed E-state index contributed by atoms with van der Waals surface area (Å²) in [5.74, 6) is 0.532. The summed E-state index contributed by atoms with van der Waals surface area (Å²) in [4.78, 5) is 7.32.